The van der Waals surface area contributed by atoms with Crippen molar-refractivity contribution >= 4 is 6.29 Å². The van der Waals surface area contributed by atoms with Crippen molar-refractivity contribution in [2.24, 2.45) is 0 Å². The number of aliphatic hydroxyl groups is 1. The summed E-state index contributed by atoms with van der Waals surface area (Å²) >= 11 is 0. The minimum atomic E-state index is -1.27. The van der Waals surface area contributed by atoms with Crippen LogP contribution in [0.15, 0.2) is 25.3 Å². The topological polar surface area (TPSA) is 37.3 Å². The van der Waals surface area contributed by atoms with Gasteiger partial charge in [-0.2, -0.15) is 0 Å². The minimum absolute atomic E-state index is 0.280. The highest BCUT2D eigenvalue weighted by Crippen LogP contribution is 2.12. The maximum atomic E-state index is 10.3. The Labute approximate surface area is 60.9 Å². The van der Waals surface area contributed by atoms with E-state index in [9.17, 15) is 9.90 Å². The van der Waals surface area contributed by atoms with E-state index in [1.165, 1.54) is 12.2 Å². The van der Waals surface area contributed by atoms with E-state index in [4.69, 9.17) is 0 Å². The number of hydrogen-bond acceptors (Lipinski definition) is 2. The van der Waals surface area contributed by atoms with Gasteiger partial charge in [0.05, 0.1) is 0 Å². The van der Waals surface area contributed by atoms with Gasteiger partial charge in [-0.15, -0.1) is 13.2 Å². The van der Waals surface area contributed by atoms with E-state index in [0.29, 0.717) is 6.29 Å². The zero-order valence-corrected chi connectivity index (χ0v) is 5.92. The molecule has 0 rings (SSSR count). The lowest BCUT2D eigenvalue weighted by atomic mass is 9.98. The Hall–Kier alpha value is -0.890. The van der Waals surface area contributed by atoms with E-state index >= 15 is 0 Å². The molecule has 0 aromatic rings. The molecule has 0 aliphatic heterocycles. The highest BCUT2D eigenvalue weighted by molar-refractivity contribution is 5.62. The fraction of sp³-hybridized carbons (Fsp3) is 0.375. The number of carbonyl (C=O) groups is 1. The monoisotopic (exact) mass is 140 g/mol. The van der Waals surface area contributed by atoms with Gasteiger partial charge in [-0.05, 0) is 0 Å². The van der Waals surface area contributed by atoms with Crippen molar-refractivity contribution in [2.75, 3.05) is 0 Å². The summed E-state index contributed by atoms with van der Waals surface area (Å²) in [4.78, 5) is 10.3. The normalized spacial score (nSPS) is 10.5. The van der Waals surface area contributed by atoms with Crippen LogP contribution in [0.5, 0.6) is 0 Å². The molecule has 0 aliphatic carbocycles. The molecule has 0 aliphatic rings. The second-order valence-electron chi connectivity index (χ2n) is 2.21. The Kier molecular flexibility index (Phi) is 3.65. The lowest BCUT2D eigenvalue weighted by molar-refractivity contribution is -0.123. The van der Waals surface area contributed by atoms with Gasteiger partial charge in [0.25, 0.3) is 0 Å². The summed E-state index contributed by atoms with van der Waals surface area (Å²) < 4.78 is 0. The zero-order chi connectivity index (χ0) is 8.04. The van der Waals surface area contributed by atoms with Crippen molar-refractivity contribution in [3.63, 3.8) is 0 Å². The summed E-state index contributed by atoms with van der Waals surface area (Å²) in [7, 11) is 0. The zero-order valence-electron chi connectivity index (χ0n) is 5.92. The van der Waals surface area contributed by atoms with Gasteiger partial charge >= 0.3 is 0 Å². The average molecular weight is 140 g/mol. The Morgan fingerprint density at radius 2 is 1.70 bits per heavy atom. The highest BCUT2D eigenvalue weighted by atomic mass is 16.3. The minimum Gasteiger partial charge on any atom is -0.382 e. The Bertz CT molecular complexity index is 128. The van der Waals surface area contributed by atoms with Gasteiger partial charge in [0.15, 0.2) is 6.29 Å². The molecular formula is C8H12O2. The van der Waals surface area contributed by atoms with E-state index in [0.717, 1.165) is 0 Å². The number of aldehydes is 1. The van der Waals surface area contributed by atoms with Gasteiger partial charge in [-0.3, -0.25) is 0 Å². The summed E-state index contributed by atoms with van der Waals surface area (Å²) in [5.41, 5.74) is -1.27. The molecule has 2 heteroatoms. The molecule has 0 saturated heterocycles. The van der Waals surface area contributed by atoms with Crippen LogP contribution in [0.2, 0.25) is 0 Å². The molecule has 0 spiro atoms. The lowest BCUT2D eigenvalue weighted by Gasteiger charge is -2.16. The van der Waals surface area contributed by atoms with Crippen LogP contribution in [0.25, 0.3) is 0 Å². The molecule has 0 aromatic heterocycles. The second-order valence-corrected chi connectivity index (χ2v) is 2.21. The molecule has 0 atom stereocenters. The highest BCUT2D eigenvalue weighted by Gasteiger charge is 2.21. The first-order valence-corrected chi connectivity index (χ1v) is 3.09. The Morgan fingerprint density at radius 1 is 1.30 bits per heavy atom. The van der Waals surface area contributed by atoms with Crippen LogP contribution in [-0.4, -0.2) is 17.0 Å². The van der Waals surface area contributed by atoms with Gasteiger partial charge in [-0.1, -0.05) is 12.2 Å². The van der Waals surface area contributed by atoms with Crippen molar-refractivity contribution in [3.05, 3.63) is 25.3 Å². The Balaban J connectivity index is 4.05. The molecular weight excluding hydrogens is 128 g/mol. The summed E-state index contributed by atoms with van der Waals surface area (Å²) in [6.07, 6.45) is 4.11. The first kappa shape index (κ1) is 9.11. The predicted molar refractivity (Wildman–Crippen MR) is 40.6 cm³/mol. The molecule has 10 heavy (non-hydrogen) atoms. The summed E-state index contributed by atoms with van der Waals surface area (Å²) in [5.74, 6) is 0. The third kappa shape index (κ3) is 2.60. The summed E-state index contributed by atoms with van der Waals surface area (Å²) in [6, 6.07) is 0. The quantitative estimate of drug-likeness (QED) is 0.458. The van der Waals surface area contributed by atoms with Crippen LogP contribution in [0.3, 0.4) is 0 Å². The first-order valence-electron chi connectivity index (χ1n) is 3.09. The Morgan fingerprint density at radius 3 is 1.90 bits per heavy atom. The third-order valence-corrected chi connectivity index (χ3v) is 1.21. The third-order valence-electron chi connectivity index (χ3n) is 1.21. The maximum absolute atomic E-state index is 10.3. The van der Waals surface area contributed by atoms with E-state index in [1.54, 1.807) is 0 Å². The SMILES string of the molecule is C=CCC(O)(C=O)CC=C. The van der Waals surface area contributed by atoms with Crippen LogP contribution in [-0.2, 0) is 4.79 Å². The average Bonchev–Trinajstić information content (AvgIpc) is 1.89. The standard InChI is InChI=1S/C8H12O2/c1-3-5-8(10,7-9)6-4-2/h3-4,7,10H,1-2,5-6H2. The lowest BCUT2D eigenvalue weighted by Crippen LogP contribution is -2.28. The van der Waals surface area contributed by atoms with Crippen molar-refractivity contribution in [2.45, 2.75) is 18.4 Å². The summed E-state index contributed by atoms with van der Waals surface area (Å²) in [5, 5.41) is 9.31. The molecule has 1 N–H and O–H groups in total. The molecule has 0 saturated carbocycles. The van der Waals surface area contributed by atoms with E-state index < -0.39 is 5.60 Å². The van der Waals surface area contributed by atoms with E-state index in [1.807, 2.05) is 0 Å². The molecule has 0 amide bonds. The van der Waals surface area contributed by atoms with Crippen molar-refractivity contribution in [3.8, 4) is 0 Å². The number of hydrogen-bond donors (Lipinski definition) is 1. The summed E-state index contributed by atoms with van der Waals surface area (Å²) in [6.45, 7) is 6.85. The van der Waals surface area contributed by atoms with Crippen LogP contribution in [0.4, 0.5) is 0 Å². The molecule has 0 unspecified atom stereocenters. The van der Waals surface area contributed by atoms with Gasteiger partial charge in [0.2, 0.25) is 0 Å². The van der Waals surface area contributed by atoms with Crippen LogP contribution < -0.4 is 0 Å². The van der Waals surface area contributed by atoms with Gasteiger partial charge < -0.3 is 9.90 Å². The van der Waals surface area contributed by atoms with Crippen molar-refractivity contribution < 1.29 is 9.90 Å². The fourth-order valence-corrected chi connectivity index (χ4v) is 0.679. The largest absolute Gasteiger partial charge is 0.382 e. The van der Waals surface area contributed by atoms with Gasteiger partial charge in [0, 0.05) is 12.8 Å². The van der Waals surface area contributed by atoms with E-state index in [-0.39, 0.29) is 12.8 Å². The second kappa shape index (κ2) is 4.01. The number of carbonyl (C=O) groups excluding carboxylic acids is 1. The van der Waals surface area contributed by atoms with Gasteiger partial charge in [-0.25, -0.2) is 0 Å². The van der Waals surface area contributed by atoms with E-state index in [2.05, 4.69) is 13.2 Å². The smallest absolute Gasteiger partial charge is 0.152 e. The number of rotatable bonds is 5. The maximum Gasteiger partial charge on any atom is 0.152 e. The molecule has 0 radical (unpaired) electrons. The van der Waals surface area contributed by atoms with Crippen molar-refractivity contribution in [1.29, 1.82) is 0 Å². The van der Waals surface area contributed by atoms with Gasteiger partial charge in [0.1, 0.15) is 5.60 Å². The molecule has 0 bridgehead atoms. The molecule has 0 aromatic carbocycles. The van der Waals surface area contributed by atoms with Crippen LogP contribution in [0.1, 0.15) is 12.8 Å². The molecule has 56 valence electrons. The fourth-order valence-electron chi connectivity index (χ4n) is 0.679. The van der Waals surface area contributed by atoms with Crippen molar-refractivity contribution in [1.82, 2.24) is 0 Å². The molecule has 2 nitrogen and oxygen atoms in total. The predicted octanol–water partition coefficient (Wildman–Crippen LogP) is 1.07. The molecule has 0 heterocycles. The molecule has 0 fully saturated rings. The van der Waals surface area contributed by atoms with Crippen LogP contribution in [0, 0.1) is 0 Å². The first-order chi connectivity index (χ1) is 4.68. The van der Waals surface area contributed by atoms with Crippen LogP contribution >= 0.6 is 0 Å².